The Kier molecular flexibility index (Phi) is 9.08. The van der Waals surface area contributed by atoms with Gasteiger partial charge in [-0.2, -0.15) is 13.5 Å². The molecule has 8 nitrogen and oxygen atoms in total. The summed E-state index contributed by atoms with van der Waals surface area (Å²) < 4.78 is 41.3. The molecule has 0 aliphatic carbocycles. The molecule has 39 heavy (non-hydrogen) atoms. The van der Waals surface area contributed by atoms with Crippen molar-refractivity contribution in [2.24, 2.45) is 5.10 Å². The molecular weight excluding hydrogens is 563 g/mol. The van der Waals surface area contributed by atoms with Gasteiger partial charge >= 0.3 is 10.1 Å². The summed E-state index contributed by atoms with van der Waals surface area (Å²) in [6.07, 6.45) is 1.36. The number of hydrogen-bond acceptors (Lipinski definition) is 7. The van der Waals surface area contributed by atoms with Crippen LogP contribution in [0.15, 0.2) is 101 Å². The molecule has 1 amide bonds. The molecule has 4 aromatic carbocycles. The lowest BCUT2D eigenvalue weighted by atomic mass is 10.2. The maximum absolute atomic E-state index is 12.6. The lowest BCUT2D eigenvalue weighted by Gasteiger charge is -2.12. The molecule has 0 atom stereocenters. The number of carbonyl (C=O) groups excluding carboxylic acids is 1. The normalized spacial score (nSPS) is 11.3. The highest BCUT2D eigenvalue weighted by atomic mass is 35.5. The van der Waals surface area contributed by atoms with Crippen molar-refractivity contribution in [2.45, 2.75) is 11.5 Å². The van der Waals surface area contributed by atoms with Gasteiger partial charge in [0.25, 0.3) is 5.91 Å². The number of ether oxygens (including phenoxy) is 2. The van der Waals surface area contributed by atoms with Gasteiger partial charge in [-0.15, -0.1) is 0 Å². The quantitative estimate of drug-likeness (QED) is 0.137. The van der Waals surface area contributed by atoms with E-state index in [1.807, 2.05) is 30.3 Å². The van der Waals surface area contributed by atoms with Crippen molar-refractivity contribution in [1.29, 1.82) is 0 Å². The van der Waals surface area contributed by atoms with Gasteiger partial charge in [-0.1, -0.05) is 53.5 Å². The molecule has 0 unspecified atom stereocenters. The molecule has 0 aliphatic heterocycles. The van der Waals surface area contributed by atoms with Gasteiger partial charge in [-0.3, -0.25) is 4.79 Å². The highest BCUT2D eigenvalue weighted by Gasteiger charge is 2.18. The minimum Gasteiger partial charge on any atom is -0.493 e. The fourth-order valence-electron chi connectivity index (χ4n) is 3.33. The molecule has 11 heteroatoms. The minimum atomic E-state index is -4.10. The van der Waals surface area contributed by atoms with Gasteiger partial charge in [-0.25, -0.2) is 5.43 Å². The Balaban J connectivity index is 1.37. The highest BCUT2D eigenvalue weighted by molar-refractivity contribution is 7.87. The highest BCUT2D eigenvalue weighted by Crippen LogP contribution is 2.30. The molecule has 4 aromatic rings. The van der Waals surface area contributed by atoms with Crippen LogP contribution in [0.3, 0.4) is 0 Å². The third kappa shape index (κ3) is 7.51. The predicted molar refractivity (Wildman–Crippen MR) is 150 cm³/mol. The van der Waals surface area contributed by atoms with Crippen LogP contribution >= 0.6 is 23.2 Å². The van der Waals surface area contributed by atoms with Crippen molar-refractivity contribution in [1.82, 2.24) is 5.43 Å². The van der Waals surface area contributed by atoms with Crippen molar-refractivity contribution < 1.29 is 26.9 Å². The molecule has 0 heterocycles. The van der Waals surface area contributed by atoms with Gasteiger partial charge in [0.15, 0.2) is 17.2 Å². The molecule has 0 aromatic heterocycles. The van der Waals surface area contributed by atoms with E-state index in [4.69, 9.17) is 36.9 Å². The first-order valence-electron chi connectivity index (χ1n) is 11.4. The van der Waals surface area contributed by atoms with Crippen molar-refractivity contribution >= 4 is 45.4 Å². The molecular formula is C28H22Cl2N2O6S. The van der Waals surface area contributed by atoms with Crippen LogP contribution in [0.2, 0.25) is 10.0 Å². The SMILES string of the molecule is COc1cc(C(=O)N/N=C/c2ccc(OS(=O)(=O)c3ccc(Cl)cc3)c(Cl)c2)ccc1OCc1ccccc1. The summed E-state index contributed by atoms with van der Waals surface area (Å²) in [6, 6.07) is 24.4. The summed E-state index contributed by atoms with van der Waals surface area (Å²) >= 11 is 12.0. The monoisotopic (exact) mass is 584 g/mol. The number of carbonyl (C=O) groups is 1. The van der Waals surface area contributed by atoms with Crippen molar-refractivity contribution in [3.05, 3.63) is 118 Å². The predicted octanol–water partition coefficient (Wildman–Crippen LogP) is 6.11. The van der Waals surface area contributed by atoms with Crippen LogP contribution < -0.4 is 19.1 Å². The van der Waals surface area contributed by atoms with Crippen LogP contribution in [0, 0.1) is 0 Å². The average Bonchev–Trinajstić information content (AvgIpc) is 2.94. The number of hydrazone groups is 1. The molecule has 0 fully saturated rings. The Bertz CT molecular complexity index is 1590. The number of methoxy groups -OCH3 is 1. The van der Waals surface area contributed by atoms with Crippen LogP contribution in [0.1, 0.15) is 21.5 Å². The third-order valence-electron chi connectivity index (χ3n) is 5.30. The lowest BCUT2D eigenvalue weighted by Crippen LogP contribution is -2.17. The largest absolute Gasteiger partial charge is 0.493 e. The molecule has 0 aliphatic rings. The summed E-state index contributed by atoms with van der Waals surface area (Å²) in [5.41, 5.74) is 4.24. The van der Waals surface area contributed by atoms with Gasteiger partial charge in [0.05, 0.1) is 18.3 Å². The van der Waals surface area contributed by atoms with Gasteiger partial charge in [0, 0.05) is 10.6 Å². The van der Waals surface area contributed by atoms with Crippen molar-refractivity contribution in [2.75, 3.05) is 7.11 Å². The number of benzene rings is 4. The van der Waals surface area contributed by atoms with E-state index in [1.165, 1.54) is 55.8 Å². The summed E-state index contributed by atoms with van der Waals surface area (Å²) in [5, 5.41) is 4.38. The van der Waals surface area contributed by atoms with E-state index in [9.17, 15) is 13.2 Å². The molecule has 0 saturated carbocycles. The van der Waals surface area contributed by atoms with Crippen molar-refractivity contribution in [3.8, 4) is 17.2 Å². The zero-order valence-electron chi connectivity index (χ0n) is 20.5. The van der Waals surface area contributed by atoms with Gasteiger partial charge < -0.3 is 13.7 Å². The van der Waals surface area contributed by atoms with E-state index in [1.54, 1.807) is 18.2 Å². The van der Waals surface area contributed by atoms with Crippen LogP contribution in [0.5, 0.6) is 17.2 Å². The smallest absolute Gasteiger partial charge is 0.339 e. The second-order valence-electron chi connectivity index (χ2n) is 8.02. The fraction of sp³-hybridized carbons (Fsp3) is 0.0714. The van der Waals surface area contributed by atoms with E-state index >= 15 is 0 Å². The molecule has 200 valence electrons. The number of hydrogen-bond donors (Lipinski definition) is 1. The summed E-state index contributed by atoms with van der Waals surface area (Å²) in [5.74, 6) is 0.364. The number of nitrogens with zero attached hydrogens (tertiary/aromatic N) is 1. The number of rotatable bonds is 10. The van der Waals surface area contributed by atoms with Crippen LogP contribution in [0.4, 0.5) is 0 Å². The number of nitrogens with one attached hydrogen (secondary N) is 1. The van der Waals surface area contributed by atoms with Crippen LogP contribution in [-0.4, -0.2) is 27.6 Å². The van der Waals surface area contributed by atoms with Gasteiger partial charge in [0.1, 0.15) is 11.5 Å². The van der Waals surface area contributed by atoms with E-state index in [0.717, 1.165) is 5.56 Å². The first kappa shape index (κ1) is 28.0. The molecule has 0 spiro atoms. The van der Waals surface area contributed by atoms with E-state index in [2.05, 4.69) is 10.5 Å². The summed E-state index contributed by atoms with van der Waals surface area (Å²) in [6.45, 7) is 0.354. The zero-order chi connectivity index (χ0) is 27.8. The Hall–Kier alpha value is -4.05. The Morgan fingerprint density at radius 1 is 0.897 bits per heavy atom. The fourth-order valence-corrected chi connectivity index (χ4v) is 4.67. The zero-order valence-corrected chi connectivity index (χ0v) is 22.8. The number of halogens is 2. The maximum atomic E-state index is 12.6. The summed E-state index contributed by atoms with van der Waals surface area (Å²) in [4.78, 5) is 12.5. The minimum absolute atomic E-state index is 0.0404. The molecule has 0 bridgehead atoms. The standard InChI is InChI=1S/C28H22Cl2N2O6S/c1-36-27-16-21(8-14-26(27)37-18-19-5-3-2-4-6-19)28(33)32-31-17-20-7-13-25(24(30)15-20)38-39(34,35)23-11-9-22(29)10-12-23/h2-17H,18H2,1H3,(H,32,33)/b31-17+. The van der Waals surface area contributed by atoms with Gasteiger partial charge in [0.2, 0.25) is 0 Å². The average molecular weight is 585 g/mol. The number of amides is 1. The van der Waals surface area contributed by atoms with Crippen LogP contribution in [0.25, 0.3) is 0 Å². The van der Waals surface area contributed by atoms with E-state index in [-0.39, 0.29) is 15.7 Å². The second kappa shape index (κ2) is 12.7. The lowest BCUT2D eigenvalue weighted by molar-refractivity contribution is 0.0954. The molecule has 0 radical (unpaired) electrons. The van der Waals surface area contributed by atoms with Crippen LogP contribution in [-0.2, 0) is 16.7 Å². The first-order chi connectivity index (χ1) is 18.7. The van der Waals surface area contributed by atoms with Gasteiger partial charge in [-0.05, 0) is 71.8 Å². The maximum Gasteiger partial charge on any atom is 0.339 e. The summed E-state index contributed by atoms with van der Waals surface area (Å²) in [7, 11) is -2.62. The van der Waals surface area contributed by atoms with E-state index in [0.29, 0.717) is 34.3 Å². The third-order valence-corrected chi connectivity index (χ3v) is 7.10. The Morgan fingerprint density at radius 3 is 2.31 bits per heavy atom. The Labute approximate surface area is 235 Å². The van der Waals surface area contributed by atoms with E-state index < -0.39 is 16.0 Å². The Morgan fingerprint density at radius 2 is 1.62 bits per heavy atom. The first-order valence-corrected chi connectivity index (χ1v) is 13.6. The second-order valence-corrected chi connectivity index (χ2v) is 10.4. The molecule has 1 N–H and O–H groups in total. The molecule has 0 saturated heterocycles. The van der Waals surface area contributed by atoms with Crippen molar-refractivity contribution in [3.63, 3.8) is 0 Å². The molecule has 4 rings (SSSR count). The topological polar surface area (TPSA) is 103 Å².